The minimum absolute atomic E-state index is 0.0907. The van der Waals surface area contributed by atoms with Crippen molar-refractivity contribution in [3.8, 4) is 0 Å². The largest absolute Gasteiger partial charge is 0.293 e. The number of nitrogens with zero attached hydrogens (tertiary/aromatic N) is 4. The molecule has 5 nitrogen and oxygen atoms in total. The molecule has 0 N–H and O–H groups in total. The fraction of sp³-hybridized carbons (Fsp3) is 0.300. The number of aromatic nitrogens is 4. The van der Waals surface area contributed by atoms with Gasteiger partial charge in [-0.05, 0) is 30.7 Å². The van der Waals surface area contributed by atoms with E-state index in [0.717, 1.165) is 27.8 Å². The molecule has 0 saturated heterocycles. The molecule has 0 fully saturated rings. The van der Waals surface area contributed by atoms with Crippen LogP contribution in [0.5, 0.6) is 0 Å². The van der Waals surface area contributed by atoms with Crippen LogP contribution in [0.1, 0.15) is 46.5 Å². The third kappa shape index (κ3) is 2.85. The molecule has 0 aliphatic heterocycles. The van der Waals surface area contributed by atoms with E-state index in [1.807, 2.05) is 34.7 Å². The Kier molecular flexibility index (Phi) is 4.21. The van der Waals surface area contributed by atoms with Crippen molar-refractivity contribution in [2.24, 2.45) is 0 Å². The summed E-state index contributed by atoms with van der Waals surface area (Å²) in [7, 11) is 0. The Bertz CT molecular complexity index is 1150. The Morgan fingerprint density at radius 3 is 3.00 bits per heavy atom. The van der Waals surface area contributed by atoms with E-state index in [9.17, 15) is 4.79 Å². The maximum Gasteiger partial charge on any atom is 0.197 e. The number of thiophene rings is 1. The van der Waals surface area contributed by atoms with Crippen LogP contribution in [0.4, 0.5) is 0 Å². The molecule has 1 atom stereocenters. The summed E-state index contributed by atoms with van der Waals surface area (Å²) in [5.41, 5.74) is 2.99. The molecule has 7 heteroatoms. The van der Waals surface area contributed by atoms with Gasteiger partial charge in [0.15, 0.2) is 16.6 Å². The van der Waals surface area contributed by atoms with Crippen molar-refractivity contribution in [2.45, 2.75) is 37.3 Å². The third-order valence-corrected chi connectivity index (χ3v) is 7.26. The van der Waals surface area contributed by atoms with E-state index in [4.69, 9.17) is 0 Å². The van der Waals surface area contributed by atoms with Gasteiger partial charge in [0.2, 0.25) is 0 Å². The van der Waals surface area contributed by atoms with Gasteiger partial charge in [-0.3, -0.25) is 9.20 Å². The molecule has 1 aliphatic carbocycles. The summed E-state index contributed by atoms with van der Waals surface area (Å²) in [5.74, 6) is 0.956. The van der Waals surface area contributed by atoms with Gasteiger partial charge in [-0.1, -0.05) is 49.0 Å². The second-order valence-electron chi connectivity index (χ2n) is 6.91. The molecule has 4 aromatic rings. The van der Waals surface area contributed by atoms with Crippen LogP contribution in [0.15, 0.2) is 41.8 Å². The third-order valence-electron chi connectivity index (χ3n) is 5.14. The Morgan fingerprint density at radius 1 is 1.30 bits per heavy atom. The summed E-state index contributed by atoms with van der Waals surface area (Å²) in [6, 6.07) is 9.36. The van der Waals surface area contributed by atoms with Crippen LogP contribution < -0.4 is 0 Å². The monoisotopic (exact) mass is 394 g/mol. The highest BCUT2D eigenvalue weighted by Crippen LogP contribution is 2.42. The molecule has 0 amide bonds. The molecule has 0 saturated carbocycles. The van der Waals surface area contributed by atoms with Crippen LogP contribution in [-0.4, -0.2) is 31.1 Å². The van der Waals surface area contributed by atoms with Crippen LogP contribution in [-0.2, 0) is 6.42 Å². The van der Waals surface area contributed by atoms with Crippen LogP contribution in [0, 0.1) is 0 Å². The van der Waals surface area contributed by atoms with E-state index in [0.29, 0.717) is 16.8 Å². The molecule has 136 valence electrons. The number of rotatable bonds is 4. The average Bonchev–Trinajstić information content (AvgIpc) is 3.28. The number of fused-ring (bicyclic) bond motifs is 5. The van der Waals surface area contributed by atoms with Gasteiger partial charge in [0.25, 0.3) is 0 Å². The van der Waals surface area contributed by atoms with Gasteiger partial charge in [-0.15, -0.1) is 21.5 Å². The average molecular weight is 395 g/mol. The van der Waals surface area contributed by atoms with E-state index in [1.165, 1.54) is 35.0 Å². The van der Waals surface area contributed by atoms with Crippen molar-refractivity contribution in [3.05, 3.63) is 52.7 Å². The smallest absolute Gasteiger partial charge is 0.197 e. The predicted octanol–water partition coefficient (Wildman–Crippen LogP) is 4.75. The normalized spacial score (nSPS) is 16.7. The first-order valence-electron chi connectivity index (χ1n) is 9.08. The second-order valence-corrected chi connectivity index (χ2v) is 8.94. The van der Waals surface area contributed by atoms with Crippen LogP contribution in [0.25, 0.3) is 15.9 Å². The van der Waals surface area contributed by atoms with Crippen LogP contribution in [0.3, 0.4) is 0 Å². The molecule has 27 heavy (non-hydrogen) atoms. The number of Topliss-reactive ketones (excluding diaryl/α,β-unsaturated/α-hetero) is 1. The second kappa shape index (κ2) is 6.73. The molecule has 0 radical (unpaired) electrons. The zero-order valence-corrected chi connectivity index (χ0v) is 16.5. The summed E-state index contributed by atoms with van der Waals surface area (Å²) < 4.78 is 1.93. The Hall–Kier alpha value is -2.25. The Labute approximate surface area is 164 Å². The molecule has 0 spiro atoms. The summed E-state index contributed by atoms with van der Waals surface area (Å²) in [5, 5.41) is 10.7. The van der Waals surface area contributed by atoms with E-state index < -0.39 is 0 Å². The van der Waals surface area contributed by atoms with Gasteiger partial charge in [0.1, 0.15) is 11.2 Å². The minimum atomic E-state index is 0.0907. The molecule has 3 aromatic heterocycles. The molecular formula is C20H18N4OS2. The van der Waals surface area contributed by atoms with Crippen molar-refractivity contribution in [1.82, 2.24) is 19.6 Å². The number of benzene rings is 1. The number of carbonyl (C=O) groups excluding carboxylic acids is 1. The number of hydrogen-bond donors (Lipinski definition) is 0. The lowest BCUT2D eigenvalue weighted by Gasteiger charge is -2.18. The fourth-order valence-electron chi connectivity index (χ4n) is 3.80. The van der Waals surface area contributed by atoms with Crippen LogP contribution in [0.2, 0.25) is 0 Å². The maximum absolute atomic E-state index is 12.4. The van der Waals surface area contributed by atoms with Gasteiger partial charge >= 0.3 is 0 Å². The topological polar surface area (TPSA) is 60.2 Å². The summed E-state index contributed by atoms with van der Waals surface area (Å²) in [4.78, 5) is 19.6. The number of carbonyl (C=O) groups is 1. The van der Waals surface area contributed by atoms with Gasteiger partial charge in [0.05, 0.1) is 11.1 Å². The zero-order chi connectivity index (χ0) is 18.4. The molecule has 5 rings (SSSR count). The Balaban J connectivity index is 1.51. The Morgan fingerprint density at radius 2 is 2.15 bits per heavy atom. The van der Waals surface area contributed by atoms with Crippen molar-refractivity contribution in [3.63, 3.8) is 0 Å². The first-order valence-corrected chi connectivity index (χ1v) is 10.9. The quantitative estimate of drug-likeness (QED) is 0.369. The number of aryl methyl sites for hydroxylation is 1. The summed E-state index contributed by atoms with van der Waals surface area (Å²) in [6.07, 6.45) is 5.38. The summed E-state index contributed by atoms with van der Waals surface area (Å²) in [6.45, 7) is 2.29. The number of ketones is 1. The number of thioether (sulfide) groups is 1. The molecule has 1 unspecified atom stereocenters. The molecular weight excluding hydrogens is 376 g/mol. The van der Waals surface area contributed by atoms with Gasteiger partial charge in [-0.2, -0.15) is 0 Å². The van der Waals surface area contributed by atoms with E-state index >= 15 is 0 Å². The minimum Gasteiger partial charge on any atom is -0.293 e. The van der Waals surface area contributed by atoms with Crippen molar-refractivity contribution >= 4 is 44.7 Å². The molecule has 1 aliphatic rings. The standard InChI is InChI=1S/C20H18N4OS2/c1-12-6-5-9-15-16(12)17-18-22-23-20(24(18)11-21-19(17)27-15)26-10-14(25)13-7-3-2-4-8-13/h2-4,7-8,11-12H,5-6,9-10H2,1H3. The number of hydrogen-bond acceptors (Lipinski definition) is 6. The first kappa shape index (κ1) is 16.9. The van der Waals surface area contributed by atoms with E-state index in [1.54, 1.807) is 17.7 Å². The van der Waals surface area contributed by atoms with Gasteiger partial charge in [0, 0.05) is 10.4 Å². The van der Waals surface area contributed by atoms with E-state index in [2.05, 4.69) is 22.1 Å². The van der Waals surface area contributed by atoms with Gasteiger partial charge < -0.3 is 0 Å². The molecule has 3 heterocycles. The highest BCUT2D eigenvalue weighted by atomic mass is 32.2. The molecule has 1 aromatic carbocycles. The lowest BCUT2D eigenvalue weighted by molar-refractivity contribution is 0.102. The van der Waals surface area contributed by atoms with E-state index in [-0.39, 0.29) is 5.78 Å². The SMILES string of the molecule is CC1CCCc2sc3ncn4c(SCC(=O)c5ccccc5)nnc4c3c21. The van der Waals surface area contributed by atoms with Crippen molar-refractivity contribution in [2.75, 3.05) is 5.75 Å². The highest BCUT2D eigenvalue weighted by Gasteiger charge is 2.25. The summed E-state index contributed by atoms with van der Waals surface area (Å²) >= 11 is 3.20. The molecule has 0 bridgehead atoms. The zero-order valence-electron chi connectivity index (χ0n) is 14.9. The first-order chi connectivity index (χ1) is 13.2. The van der Waals surface area contributed by atoms with Gasteiger partial charge in [-0.25, -0.2) is 4.98 Å². The van der Waals surface area contributed by atoms with Crippen molar-refractivity contribution in [1.29, 1.82) is 0 Å². The lowest BCUT2D eigenvalue weighted by atomic mass is 9.87. The van der Waals surface area contributed by atoms with Crippen LogP contribution >= 0.6 is 23.1 Å². The fourth-order valence-corrected chi connectivity index (χ4v) is 5.90. The predicted molar refractivity (Wildman–Crippen MR) is 109 cm³/mol. The lowest BCUT2D eigenvalue weighted by Crippen LogP contribution is -2.04. The van der Waals surface area contributed by atoms with Crippen molar-refractivity contribution < 1.29 is 4.79 Å². The highest BCUT2D eigenvalue weighted by molar-refractivity contribution is 7.99. The maximum atomic E-state index is 12.4.